The van der Waals surface area contributed by atoms with E-state index in [4.69, 9.17) is 0 Å². The van der Waals surface area contributed by atoms with Gasteiger partial charge in [0.1, 0.15) is 17.9 Å². The summed E-state index contributed by atoms with van der Waals surface area (Å²) in [7, 11) is 0. The van der Waals surface area contributed by atoms with Crippen LogP contribution in [0.3, 0.4) is 0 Å². The summed E-state index contributed by atoms with van der Waals surface area (Å²) in [5.74, 6) is -1.14. The summed E-state index contributed by atoms with van der Waals surface area (Å²) in [6.45, 7) is 2.09. The highest BCUT2D eigenvalue weighted by atomic mass is 19.1. The Hall–Kier alpha value is -2.44. The second kappa shape index (κ2) is 5.98. The number of halogens is 1. The number of piperazine rings is 1. The summed E-state index contributed by atoms with van der Waals surface area (Å²) in [5.41, 5.74) is 0.241. The topological polar surface area (TPSA) is 78.5 Å². The Morgan fingerprint density at radius 3 is 2.91 bits per heavy atom. The minimum absolute atomic E-state index is 0.0930. The predicted molar refractivity (Wildman–Crippen MR) is 80.0 cm³/mol. The van der Waals surface area contributed by atoms with E-state index < -0.39 is 17.9 Å². The summed E-state index contributed by atoms with van der Waals surface area (Å²) >= 11 is 0. The molecule has 23 heavy (non-hydrogen) atoms. The molecule has 0 bridgehead atoms. The minimum Gasteiger partial charge on any atom is -0.349 e. The van der Waals surface area contributed by atoms with Crippen molar-refractivity contribution in [2.75, 3.05) is 6.54 Å². The minimum atomic E-state index is -0.551. The first kappa shape index (κ1) is 15.5. The number of hydrogen-bond donors (Lipinski definition) is 2. The predicted octanol–water partition coefficient (Wildman–Crippen LogP) is 0.433. The van der Waals surface area contributed by atoms with Gasteiger partial charge in [-0.3, -0.25) is 14.4 Å². The summed E-state index contributed by atoms with van der Waals surface area (Å²) in [6, 6.07) is 4.17. The molecule has 3 atom stereocenters. The van der Waals surface area contributed by atoms with Gasteiger partial charge in [0.25, 0.3) is 5.91 Å². The Kier molecular flexibility index (Phi) is 4.02. The molecule has 1 aromatic rings. The fourth-order valence-corrected chi connectivity index (χ4v) is 3.13. The molecule has 2 aliphatic rings. The molecule has 3 rings (SSSR count). The van der Waals surface area contributed by atoms with E-state index in [0.717, 1.165) is 0 Å². The van der Waals surface area contributed by atoms with Crippen LogP contribution in [0.4, 0.5) is 4.39 Å². The molecule has 2 N–H and O–H groups in total. The maximum Gasteiger partial charge on any atom is 0.251 e. The molecule has 3 unspecified atom stereocenters. The molecule has 0 aliphatic carbocycles. The molecule has 2 aliphatic heterocycles. The Bertz CT molecular complexity index is 664. The van der Waals surface area contributed by atoms with Crippen LogP contribution in [0, 0.1) is 5.82 Å². The summed E-state index contributed by atoms with van der Waals surface area (Å²) in [6.07, 6.45) is 0.939. The fraction of sp³-hybridized carbons (Fsp3) is 0.438. The molecule has 7 heteroatoms. The molecule has 6 nitrogen and oxygen atoms in total. The number of hydrogen-bond acceptors (Lipinski definition) is 3. The number of rotatable bonds is 2. The van der Waals surface area contributed by atoms with Crippen molar-refractivity contribution in [3.05, 3.63) is 35.6 Å². The van der Waals surface area contributed by atoms with Crippen molar-refractivity contribution in [3.8, 4) is 0 Å². The van der Waals surface area contributed by atoms with Crippen LogP contribution in [0.15, 0.2) is 24.3 Å². The normalized spacial score (nSPS) is 27.2. The Labute approximate surface area is 133 Å². The summed E-state index contributed by atoms with van der Waals surface area (Å²) in [4.78, 5) is 37.9. The third kappa shape index (κ3) is 3.04. The lowest BCUT2D eigenvalue weighted by Crippen LogP contribution is -2.66. The third-order valence-electron chi connectivity index (χ3n) is 4.34. The second-order valence-electron chi connectivity index (χ2n) is 5.98. The van der Waals surface area contributed by atoms with Gasteiger partial charge in [0.05, 0.1) is 0 Å². The summed E-state index contributed by atoms with van der Waals surface area (Å²) in [5, 5.41) is 5.47. The van der Waals surface area contributed by atoms with E-state index in [0.29, 0.717) is 19.4 Å². The van der Waals surface area contributed by atoms with Gasteiger partial charge in [-0.25, -0.2) is 4.39 Å². The molecular weight excluding hydrogens is 301 g/mol. The highest BCUT2D eigenvalue weighted by Gasteiger charge is 2.42. The number of nitrogens with one attached hydrogen (secondary N) is 2. The van der Waals surface area contributed by atoms with Gasteiger partial charge in [-0.2, -0.15) is 0 Å². The third-order valence-corrected chi connectivity index (χ3v) is 4.34. The zero-order valence-electron chi connectivity index (χ0n) is 12.7. The zero-order valence-corrected chi connectivity index (χ0v) is 12.7. The number of benzene rings is 1. The van der Waals surface area contributed by atoms with Crippen LogP contribution < -0.4 is 10.6 Å². The van der Waals surface area contributed by atoms with Crippen molar-refractivity contribution in [1.29, 1.82) is 0 Å². The largest absolute Gasteiger partial charge is 0.349 e. The molecule has 0 spiro atoms. The first-order valence-electron chi connectivity index (χ1n) is 7.63. The van der Waals surface area contributed by atoms with Crippen molar-refractivity contribution >= 4 is 17.7 Å². The molecule has 122 valence electrons. The van der Waals surface area contributed by atoms with Crippen LogP contribution in [0.2, 0.25) is 0 Å². The first-order chi connectivity index (χ1) is 11.0. The lowest BCUT2D eigenvalue weighted by molar-refractivity contribution is -0.151. The van der Waals surface area contributed by atoms with Crippen LogP contribution in [-0.2, 0) is 9.59 Å². The molecule has 2 saturated heterocycles. The lowest BCUT2D eigenvalue weighted by atomic mass is 9.93. The number of fused-ring (bicyclic) bond motifs is 1. The standard InChI is InChI=1S/C16H18FN3O3/c1-9-16(23)20-6-5-12(8-13(20)15(22)18-9)19-14(21)10-3-2-4-11(17)7-10/h2-4,7,9,12-13H,5-6,8H2,1H3,(H,18,22)(H,19,21). The quantitative estimate of drug-likeness (QED) is 0.830. The molecular formula is C16H18FN3O3. The highest BCUT2D eigenvalue weighted by Crippen LogP contribution is 2.22. The first-order valence-corrected chi connectivity index (χ1v) is 7.63. The van der Waals surface area contributed by atoms with Gasteiger partial charge < -0.3 is 15.5 Å². The monoisotopic (exact) mass is 319 g/mol. The van der Waals surface area contributed by atoms with Crippen molar-refractivity contribution in [3.63, 3.8) is 0 Å². The SMILES string of the molecule is CC1NC(=O)C2CC(NC(=O)c3cccc(F)c3)CCN2C1=O. The number of carbonyl (C=O) groups excluding carboxylic acids is 3. The molecule has 0 aromatic heterocycles. The van der Waals surface area contributed by atoms with E-state index in [1.165, 1.54) is 24.3 Å². The van der Waals surface area contributed by atoms with Crippen LogP contribution >= 0.6 is 0 Å². The van der Waals surface area contributed by atoms with Gasteiger partial charge in [0.15, 0.2) is 0 Å². The maximum atomic E-state index is 13.2. The Balaban J connectivity index is 1.66. The molecule has 0 radical (unpaired) electrons. The molecule has 2 heterocycles. The van der Waals surface area contributed by atoms with Gasteiger partial charge in [0, 0.05) is 18.2 Å². The molecule has 0 saturated carbocycles. The molecule has 3 amide bonds. The average molecular weight is 319 g/mol. The van der Waals surface area contributed by atoms with Crippen LogP contribution in [0.5, 0.6) is 0 Å². The van der Waals surface area contributed by atoms with Gasteiger partial charge in [-0.15, -0.1) is 0 Å². The Morgan fingerprint density at radius 1 is 1.39 bits per heavy atom. The van der Waals surface area contributed by atoms with Crippen molar-refractivity contribution in [2.45, 2.75) is 37.9 Å². The van der Waals surface area contributed by atoms with E-state index in [-0.39, 0.29) is 29.3 Å². The molecule has 2 fully saturated rings. The van der Waals surface area contributed by atoms with Crippen LogP contribution in [-0.4, -0.2) is 47.3 Å². The van der Waals surface area contributed by atoms with Crippen LogP contribution in [0.25, 0.3) is 0 Å². The van der Waals surface area contributed by atoms with E-state index in [1.807, 2.05) is 0 Å². The van der Waals surface area contributed by atoms with Gasteiger partial charge in [-0.05, 0) is 38.0 Å². The van der Waals surface area contributed by atoms with Crippen LogP contribution in [0.1, 0.15) is 30.1 Å². The van der Waals surface area contributed by atoms with Crippen molar-refractivity contribution in [2.24, 2.45) is 0 Å². The van der Waals surface area contributed by atoms with Crippen molar-refractivity contribution in [1.82, 2.24) is 15.5 Å². The van der Waals surface area contributed by atoms with E-state index >= 15 is 0 Å². The second-order valence-corrected chi connectivity index (χ2v) is 5.98. The fourth-order valence-electron chi connectivity index (χ4n) is 3.13. The number of piperidine rings is 1. The number of carbonyl (C=O) groups is 3. The van der Waals surface area contributed by atoms with E-state index in [2.05, 4.69) is 10.6 Å². The average Bonchev–Trinajstić information content (AvgIpc) is 2.53. The van der Waals surface area contributed by atoms with Gasteiger partial charge in [-0.1, -0.05) is 6.07 Å². The Morgan fingerprint density at radius 2 is 2.17 bits per heavy atom. The van der Waals surface area contributed by atoms with Gasteiger partial charge >= 0.3 is 0 Å². The van der Waals surface area contributed by atoms with E-state index in [9.17, 15) is 18.8 Å². The summed E-state index contributed by atoms with van der Waals surface area (Å²) < 4.78 is 13.2. The number of amides is 3. The zero-order chi connectivity index (χ0) is 16.6. The smallest absolute Gasteiger partial charge is 0.251 e. The molecule has 1 aromatic carbocycles. The van der Waals surface area contributed by atoms with Gasteiger partial charge in [0.2, 0.25) is 11.8 Å². The number of nitrogens with zero attached hydrogens (tertiary/aromatic N) is 1. The van der Waals surface area contributed by atoms with Crippen molar-refractivity contribution < 1.29 is 18.8 Å². The maximum absolute atomic E-state index is 13.2. The van der Waals surface area contributed by atoms with E-state index in [1.54, 1.807) is 11.8 Å². The lowest BCUT2D eigenvalue weighted by Gasteiger charge is -2.43. The highest BCUT2D eigenvalue weighted by molar-refractivity contribution is 5.97.